The van der Waals surface area contributed by atoms with Crippen molar-refractivity contribution in [3.63, 3.8) is 0 Å². The molecule has 0 spiro atoms. The van der Waals surface area contributed by atoms with Gasteiger partial charge < -0.3 is 20.1 Å². The zero-order valence-corrected chi connectivity index (χ0v) is 11.8. The lowest BCUT2D eigenvalue weighted by Crippen LogP contribution is -2.42. The summed E-state index contributed by atoms with van der Waals surface area (Å²) >= 11 is 0. The molecular weight excluding hydrogens is 260 g/mol. The first kappa shape index (κ1) is 15.3. The fraction of sp³-hybridized carbons (Fsp3) is 0.857. The summed E-state index contributed by atoms with van der Waals surface area (Å²) in [4.78, 5) is 24.7. The van der Waals surface area contributed by atoms with Crippen LogP contribution in [0, 0.1) is 5.92 Å². The number of hydrogen-bond donors (Lipinski definition) is 2. The van der Waals surface area contributed by atoms with E-state index >= 15 is 0 Å². The minimum absolute atomic E-state index is 0.0184. The highest BCUT2D eigenvalue weighted by Crippen LogP contribution is 2.17. The molecule has 2 fully saturated rings. The van der Waals surface area contributed by atoms with Crippen molar-refractivity contribution in [3.8, 4) is 0 Å². The van der Waals surface area contributed by atoms with E-state index in [1.54, 1.807) is 4.90 Å². The maximum atomic E-state index is 12.0. The van der Waals surface area contributed by atoms with Crippen molar-refractivity contribution >= 4 is 11.9 Å². The number of nitrogens with zero attached hydrogens (tertiary/aromatic N) is 1. The summed E-state index contributed by atoms with van der Waals surface area (Å²) in [5.74, 6) is -1.18. The minimum Gasteiger partial charge on any atom is -0.481 e. The Bertz CT molecular complexity index is 342. The third-order valence-corrected chi connectivity index (χ3v) is 4.08. The van der Waals surface area contributed by atoms with Crippen molar-refractivity contribution in [2.45, 2.75) is 38.2 Å². The first-order valence-corrected chi connectivity index (χ1v) is 7.49. The zero-order chi connectivity index (χ0) is 14.4. The number of ether oxygens (including phenoxy) is 1. The highest BCUT2D eigenvalue weighted by Gasteiger charge is 2.27. The molecule has 6 nitrogen and oxygen atoms in total. The van der Waals surface area contributed by atoms with Crippen molar-refractivity contribution < 1.29 is 19.4 Å². The molecule has 1 amide bonds. The van der Waals surface area contributed by atoms with Gasteiger partial charge in [-0.1, -0.05) is 0 Å². The van der Waals surface area contributed by atoms with Gasteiger partial charge in [-0.3, -0.25) is 9.59 Å². The Hall–Kier alpha value is -1.14. The SMILES string of the molecule is O=C(O)[C@H]1CCCN(C(=O)CCOC2CCNCC2)C1. The van der Waals surface area contributed by atoms with Crippen LogP contribution in [0.15, 0.2) is 0 Å². The van der Waals surface area contributed by atoms with Gasteiger partial charge in [-0.25, -0.2) is 0 Å². The van der Waals surface area contributed by atoms with E-state index in [0.29, 0.717) is 32.5 Å². The molecule has 2 N–H and O–H groups in total. The van der Waals surface area contributed by atoms with E-state index in [1.165, 1.54) is 0 Å². The van der Waals surface area contributed by atoms with E-state index in [0.717, 1.165) is 32.4 Å². The molecule has 114 valence electrons. The average Bonchev–Trinajstić information content (AvgIpc) is 2.48. The first-order chi connectivity index (χ1) is 9.66. The molecule has 0 bridgehead atoms. The monoisotopic (exact) mass is 284 g/mol. The maximum Gasteiger partial charge on any atom is 0.308 e. The van der Waals surface area contributed by atoms with Gasteiger partial charge in [-0.15, -0.1) is 0 Å². The normalized spacial score (nSPS) is 24.6. The second kappa shape index (κ2) is 7.59. The molecule has 1 atom stereocenters. The summed E-state index contributed by atoms with van der Waals surface area (Å²) in [5.41, 5.74) is 0. The van der Waals surface area contributed by atoms with E-state index < -0.39 is 11.9 Å². The van der Waals surface area contributed by atoms with Crippen LogP contribution in [0.4, 0.5) is 0 Å². The molecule has 2 rings (SSSR count). The number of carbonyl (C=O) groups is 2. The summed E-state index contributed by atoms with van der Waals surface area (Å²) in [6.45, 7) is 3.42. The van der Waals surface area contributed by atoms with E-state index in [1.807, 2.05) is 0 Å². The second-order valence-electron chi connectivity index (χ2n) is 5.59. The third kappa shape index (κ3) is 4.45. The summed E-state index contributed by atoms with van der Waals surface area (Å²) in [6.07, 6.45) is 4.06. The number of piperidine rings is 2. The molecule has 2 heterocycles. The Balaban J connectivity index is 1.67. The van der Waals surface area contributed by atoms with Gasteiger partial charge in [0.15, 0.2) is 0 Å². The molecule has 6 heteroatoms. The molecule has 0 aromatic rings. The molecule has 0 saturated carbocycles. The van der Waals surface area contributed by atoms with Crippen LogP contribution in [0.25, 0.3) is 0 Å². The van der Waals surface area contributed by atoms with Gasteiger partial charge in [0.25, 0.3) is 0 Å². The second-order valence-corrected chi connectivity index (χ2v) is 5.59. The fourth-order valence-corrected chi connectivity index (χ4v) is 2.84. The van der Waals surface area contributed by atoms with E-state index in [2.05, 4.69) is 5.32 Å². The summed E-state index contributed by atoms with van der Waals surface area (Å²) < 4.78 is 5.71. The minimum atomic E-state index is -0.798. The van der Waals surface area contributed by atoms with E-state index in [9.17, 15) is 9.59 Å². The van der Waals surface area contributed by atoms with Crippen LogP contribution in [0.2, 0.25) is 0 Å². The largest absolute Gasteiger partial charge is 0.481 e. The Morgan fingerprint density at radius 3 is 2.70 bits per heavy atom. The van der Waals surface area contributed by atoms with Gasteiger partial charge >= 0.3 is 5.97 Å². The maximum absolute atomic E-state index is 12.0. The molecule has 0 aliphatic carbocycles. The highest BCUT2D eigenvalue weighted by atomic mass is 16.5. The lowest BCUT2D eigenvalue weighted by molar-refractivity contribution is -0.146. The molecule has 2 saturated heterocycles. The zero-order valence-electron chi connectivity index (χ0n) is 11.8. The Kier molecular flexibility index (Phi) is 5.79. The van der Waals surface area contributed by atoms with E-state index in [-0.39, 0.29) is 12.0 Å². The number of carboxylic acid groups (broad SMARTS) is 1. The van der Waals surface area contributed by atoms with Crippen LogP contribution in [0.1, 0.15) is 32.1 Å². The summed E-state index contributed by atoms with van der Waals surface area (Å²) in [5, 5.41) is 12.3. The lowest BCUT2D eigenvalue weighted by atomic mass is 9.98. The van der Waals surface area contributed by atoms with Gasteiger partial charge in [-0.05, 0) is 38.8 Å². The van der Waals surface area contributed by atoms with Gasteiger partial charge in [0, 0.05) is 13.1 Å². The smallest absolute Gasteiger partial charge is 0.308 e. The molecule has 2 aliphatic heterocycles. The van der Waals surface area contributed by atoms with Crippen LogP contribution in [-0.4, -0.2) is 60.8 Å². The van der Waals surface area contributed by atoms with Crippen LogP contribution in [0.3, 0.4) is 0 Å². The fourth-order valence-electron chi connectivity index (χ4n) is 2.84. The van der Waals surface area contributed by atoms with Crippen molar-refractivity contribution in [2.75, 3.05) is 32.8 Å². The third-order valence-electron chi connectivity index (χ3n) is 4.08. The molecule has 0 aromatic carbocycles. The van der Waals surface area contributed by atoms with Crippen LogP contribution in [0.5, 0.6) is 0 Å². The van der Waals surface area contributed by atoms with Crippen molar-refractivity contribution in [3.05, 3.63) is 0 Å². The number of aliphatic carboxylic acids is 1. The Morgan fingerprint density at radius 2 is 2.00 bits per heavy atom. The molecule has 2 aliphatic rings. The molecule has 0 aromatic heterocycles. The number of rotatable bonds is 5. The molecule has 20 heavy (non-hydrogen) atoms. The summed E-state index contributed by atoms with van der Waals surface area (Å²) in [7, 11) is 0. The number of likely N-dealkylation sites (tertiary alicyclic amines) is 1. The number of carbonyl (C=O) groups excluding carboxylic acids is 1. The van der Waals surface area contributed by atoms with Crippen molar-refractivity contribution in [1.82, 2.24) is 10.2 Å². The van der Waals surface area contributed by atoms with Crippen LogP contribution >= 0.6 is 0 Å². The van der Waals surface area contributed by atoms with E-state index in [4.69, 9.17) is 9.84 Å². The number of nitrogens with one attached hydrogen (secondary N) is 1. The molecular formula is C14H24N2O4. The van der Waals surface area contributed by atoms with Crippen LogP contribution in [-0.2, 0) is 14.3 Å². The predicted molar refractivity (Wildman–Crippen MR) is 73.4 cm³/mol. The van der Waals surface area contributed by atoms with Gasteiger partial charge in [0.05, 0.1) is 25.0 Å². The topological polar surface area (TPSA) is 78.9 Å². The average molecular weight is 284 g/mol. The van der Waals surface area contributed by atoms with Gasteiger partial charge in [0.1, 0.15) is 0 Å². The Labute approximate surface area is 119 Å². The first-order valence-electron chi connectivity index (χ1n) is 7.49. The van der Waals surface area contributed by atoms with Gasteiger partial charge in [0.2, 0.25) is 5.91 Å². The number of hydrogen-bond acceptors (Lipinski definition) is 4. The van der Waals surface area contributed by atoms with Gasteiger partial charge in [-0.2, -0.15) is 0 Å². The number of amides is 1. The predicted octanol–water partition coefficient (Wildman–Crippen LogP) is 0.468. The molecule has 0 radical (unpaired) electrons. The highest BCUT2D eigenvalue weighted by molar-refractivity contribution is 5.78. The lowest BCUT2D eigenvalue weighted by Gasteiger charge is -2.31. The van der Waals surface area contributed by atoms with Crippen molar-refractivity contribution in [2.24, 2.45) is 5.92 Å². The standard InChI is InChI=1S/C14H24N2O4/c17-13(5-9-20-12-3-6-15-7-4-12)16-8-1-2-11(10-16)14(18)19/h11-12,15H,1-10H2,(H,18,19)/t11-/m0/s1. The Morgan fingerprint density at radius 1 is 1.25 bits per heavy atom. The quantitative estimate of drug-likeness (QED) is 0.767. The summed E-state index contributed by atoms with van der Waals surface area (Å²) in [6, 6.07) is 0. The van der Waals surface area contributed by atoms with Crippen LogP contribution < -0.4 is 5.32 Å². The molecule has 0 unspecified atom stereocenters. The number of carboxylic acids is 1. The van der Waals surface area contributed by atoms with Crippen molar-refractivity contribution in [1.29, 1.82) is 0 Å².